The summed E-state index contributed by atoms with van der Waals surface area (Å²) in [4.78, 5) is 22.6. The van der Waals surface area contributed by atoms with Crippen molar-refractivity contribution in [1.29, 1.82) is 0 Å². The van der Waals surface area contributed by atoms with Gasteiger partial charge in [0.2, 0.25) is 5.95 Å². The Labute approximate surface area is 114 Å². The number of rotatable bonds is 7. The topological polar surface area (TPSA) is 109 Å². The third kappa shape index (κ3) is 4.78. The van der Waals surface area contributed by atoms with Crippen LogP contribution in [0, 0.1) is 0 Å². The molecule has 0 unspecified atom stereocenters. The lowest BCUT2D eigenvalue weighted by molar-refractivity contribution is -0.144. The zero-order valence-electron chi connectivity index (χ0n) is 10.8. The molecule has 0 saturated heterocycles. The molecule has 19 heavy (non-hydrogen) atoms. The van der Waals surface area contributed by atoms with Gasteiger partial charge in [-0.15, -0.1) is 10.2 Å². The summed E-state index contributed by atoms with van der Waals surface area (Å²) in [7, 11) is 0. The first-order valence-electron chi connectivity index (χ1n) is 5.71. The van der Waals surface area contributed by atoms with Gasteiger partial charge in [0, 0.05) is 0 Å². The van der Waals surface area contributed by atoms with Gasteiger partial charge in [-0.2, -0.15) is 0 Å². The van der Waals surface area contributed by atoms with E-state index < -0.39 is 5.97 Å². The highest BCUT2D eigenvalue weighted by Gasteiger charge is 2.15. The number of nitrogens with two attached hydrogens (primary N) is 1. The van der Waals surface area contributed by atoms with Crippen molar-refractivity contribution in [2.45, 2.75) is 25.5 Å². The van der Waals surface area contributed by atoms with Crippen LogP contribution in [0.4, 0.5) is 5.95 Å². The molecule has 0 aliphatic rings. The summed E-state index contributed by atoms with van der Waals surface area (Å²) in [6, 6.07) is 0. The SMILES string of the molecule is CCOC(=O)CSc1nnc(N)n1CC(=O)OCC. The molecule has 0 bridgehead atoms. The lowest BCUT2D eigenvalue weighted by Crippen LogP contribution is -2.16. The fourth-order valence-electron chi connectivity index (χ4n) is 1.22. The molecule has 1 aromatic rings. The Balaban J connectivity index is 2.64. The Morgan fingerprint density at radius 1 is 1.21 bits per heavy atom. The standard InChI is InChI=1S/C10H16N4O4S/c1-3-17-7(15)5-14-9(11)12-13-10(14)19-6-8(16)18-4-2/h3-6H2,1-2H3,(H2,11,12). The average molecular weight is 288 g/mol. The fraction of sp³-hybridized carbons (Fsp3) is 0.600. The molecule has 1 rings (SSSR count). The predicted octanol–water partition coefficient (Wildman–Crippen LogP) is 0.0786. The Hall–Kier alpha value is -1.77. The molecule has 2 N–H and O–H groups in total. The summed E-state index contributed by atoms with van der Waals surface area (Å²) in [6.45, 7) is 3.95. The van der Waals surface area contributed by atoms with Crippen molar-refractivity contribution in [3.05, 3.63) is 0 Å². The Bertz CT molecular complexity index is 449. The molecule has 0 radical (unpaired) electrons. The molecule has 1 aromatic heterocycles. The molecular formula is C10H16N4O4S. The minimum atomic E-state index is -0.438. The van der Waals surface area contributed by atoms with Gasteiger partial charge < -0.3 is 15.2 Å². The number of hydrogen-bond donors (Lipinski definition) is 1. The lowest BCUT2D eigenvalue weighted by Gasteiger charge is -2.07. The van der Waals surface area contributed by atoms with Crippen LogP contribution in [0.5, 0.6) is 0 Å². The second-order valence-electron chi connectivity index (χ2n) is 3.33. The van der Waals surface area contributed by atoms with E-state index in [0.29, 0.717) is 11.8 Å². The highest BCUT2D eigenvalue weighted by atomic mass is 32.2. The van der Waals surface area contributed by atoms with Crippen LogP contribution >= 0.6 is 11.8 Å². The molecule has 9 heteroatoms. The molecule has 0 spiro atoms. The van der Waals surface area contributed by atoms with Crippen LogP contribution in [-0.4, -0.2) is 45.7 Å². The van der Waals surface area contributed by atoms with Crippen LogP contribution in [0.15, 0.2) is 5.16 Å². The maximum atomic E-state index is 11.4. The molecule has 0 fully saturated rings. The van der Waals surface area contributed by atoms with Crippen molar-refractivity contribution in [3.8, 4) is 0 Å². The second kappa shape index (κ2) is 7.62. The highest BCUT2D eigenvalue weighted by molar-refractivity contribution is 7.99. The summed E-state index contributed by atoms with van der Waals surface area (Å²) in [5.41, 5.74) is 5.60. The number of anilines is 1. The van der Waals surface area contributed by atoms with Gasteiger partial charge in [-0.1, -0.05) is 11.8 Å². The zero-order chi connectivity index (χ0) is 14.3. The largest absolute Gasteiger partial charge is 0.465 e. The predicted molar refractivity (Wildman–Crippen MR) is 68.4 cm³/mol. The zero-order valence-corrected chi connectivity index (χ0v) is 11.6. The smallest absolute Gasteiger partial charge is 0.326 e. The van der Waals surface area contributed by atoms with Gasteiger partial charge in [0.05, 0.1) is 19.0 Å². The Morgan fingerprint density at radius 2 is 1.84 bits per heavy atom. The summed E-state index contributed by atoms with van der Waals surface area (Å²) in [5, 5.41) is 7.83. The molecule has 8 nitrogen and oxygen atoms in total. The van der Waals surface area contributed by atoms with Gasteiger partial charge in [-0.05, 0) is 13.8 Å². The highest BCUT2D eigenvalue weighted by Crippen LogP contribution is 2.18. The van der Waals surface area contributed by atoms with Gasteiger partial charge in [-0.3, -0.25) is 14.2 Å². The van der Waals surface area contributed by atoms with Crippen molar-refractivity contribution >= 4 is 29.6 Å². The number of hydrogen-bond acceptors (Lipinski definition) is 8. The van der Waals surface area contributed by atoms with E-state index in [-0.39, 0.29) is 30.8 Å². The minimum absolute atomic E-state index is 0.0782. The molecule has 106 valence electrons. The van der Waals surface area contributed by atoms with Gasteiger partial charge >= 0.3 is 11.9 Å². The summed E-state index contributed by atoms with van der Waals surface area (Å²) in [6.07, 6.45) is 0. The number of ether oxygens (including phenoxy) is 2. The molecule has 0 amide bonds. The van der Waals surface area contributed by atoms with E-state index in [1.54, 1.807) is 13.8 Å². The van der Waals surface area contributed by atoms with Crippen LogP contribution in [0.3, 0.4) is 0 Å². The first-order valence-corrected chi connectivity index (χ1v) is 6.69. The van der Waals surface area contributed by atoms with E-state index in [4.69, 9.17) is 15.2 Å². The van der Waals surface area contributed by atoms with Crippen LogP contribution < -0.4 is 5.73 Å². The number of carbonyl (C=O) groups is 2. The molecule has 0 saturated carbocycles. The van der Waals surface area contributed by atoms with Crippen LogP contribution in [0.25, 0.3) is 0 Å². The Kier molecular flexibility index (Phi) is 6.13. The Morgan fingerprint density at radius 3 is 2.47 bits per heavy atom. The summed E-state index contributed by atoms with van der Waals surface area (Å²) < 4.78 is 11.0. The molecule has 0 atom stereocenters. The number of nitrogen functional groups attached to an aromatic ring is 1. The normalized spacial score (nSPS) is 10.2. The van der Waals surface area contributed by atoms with Crippen molar-refractivity contribution in [1.82, 2.24) is 14.8 Å². The third-order valence-electron chi connectivity index (χ3n) is 1.96. The molecule has 0 aliphatic carbocycles. The second-order valence-corrected chi connectivity index (χ2v) is 4.27. The van der Waals surface area contributed by atoms with E-state index in [2.05, 4.69) is 10.2 Å². The first kappa shape index (κ1) is 15.3. The van der Waals surface area contributed by atoms with Crippen LogP contribution in [0.2, 0.25) is 0 Å². The van der Waals surface area contributed by atoms with E-state index in [1.807, 2.05) is 0 Å². The van der Waals surface area contributed by atoms with E-state index in [0.717, 1.165) is 11.8 Å². The van der Waals surface area contributed by atoms with E-state index >= 15 is 0 Å². The van der Waals surface area contributed by atoms with Gasteiger partial charge in [-0.25, -0.2) is 0 Å². The van der Waals surface area contributed by atoms with E-state index in [9.17, 15) is 9.59 Å². The number of esters is 2. The molecule has 0 aliphatic heterocycles. The third-order valence-corrected chi connectivity index (χ3v) is 2.90. The molecule has 0 aromatic carbocycles. The molecular weight excluding hydrogens is 272 g/mol. The van der Waals surface area contributed by atoms with Crippen LogP contribution in [0.1, 0.15) is 13.8 Å². The fourth-order valence-corrected chi connectivity index (χ4v) is 1.96. The number of carbonyl (C=O) groups excluding carboxylic acids is 2. The van der Waals surface area contributed by atoms with Gasteiger partial charge in [0.25, 0.3) is 0 Å². The monoisotopic (exact) mass is 288 g/mol. The van der Waals surface area contributed by atoms with Gasteiger partial charge in [0.15, 0.2) is 5.16 Å². The van der Waals surface area contributed by atoms with Gasteiger partial charge in [0.1, 0.15) is 6.54 Å². The number of nitrogens with zero attached hydrogens (tertiary/aromatic N) is 3. The minimum Gasteiger partial charge on any atom is -0.465 e. The number of thioether (sulfide) groups is 1. The van der Waals surface area contributed by atoms with Crippen molar-refractivity contribution in [2.24, 2.45) is 0 Å². The first-order chi connectivity index (χ1) is 9.08. The summed E-state index contributed by atoms with van der Waals surface area (Å²) >= 11 is 1.10. The van der Waals surface area contributed by atoms with Crippen LogP contribution in [-0.2, 0) is 25.6 Å². The van der Waals surface area contributed by atoms with Crippen molar-refractivity contribution < 1.29 is 19.1 Å². The van der Waals surface area contributed by atoms with Crippen molar-refractivity contribution in [2.75, 3.05) is 24.7 Å². The summed E-state index contributed by atoms with van der Waals surface area (Å²) in [5.74, 6) is -0.627. The molecule has 1 heterocycles. The quantitative estimate of drug-likeness (QED) is 0.555. The van der Waals surface area contributed by atoms with Crippen molar-refractivity contribution in [3.63, 3.8) is 0 Å². The average Bonchev–Trinajstić information content (AvgIpc) is 2.69. The maximum Gasteiger partial charge on any atom is 0.326 e. The lowest BCUT2D eigenvalue weighted by atomic mass is 10.6. The number of aromatic nitrogens is 3. The maximum absolute atomic E-state index is 11.4. The van der Waals surface area contributed by atoms with E-state index in [1.165, 1.54) is 4.57 Å².